The number of benzene rings is 1. The summed E-state index contributed by atoms with van der Waals surface area (Å²) in [4.78, 5) is 0. The van der Waals surface area contributed by atoms with Gasteiger partial charge in [0.2, 0.25) is 0 Å². The summed E-state index contributed by atoms with van der Waals surface area (Å²) < 4.78 is 2.37. The van der Waals surface area contributed by atoms with Gasteiger partial charge in [0.1, 0.15) is 0 Å². The highest BCUT2D eigenvalue weighted by atomic mass is 127. The first-order chi connectivity index (χ1) is 7.79. The molecule has 3 heteroatoms. The Kier molecular flexibility index (Phi) is 5.93. The molecule has 2 N–H and O–H groups in total. The molecule has 0 aliphatic carbocycles. The molecular weight excluding hydrogens is 389 g/mol. The molecule has 0 saturated heterocycles. The van der Waals surface area contributed by atoms with E-state index in [4.69, 9.17) is 5.73 Å². The Morgan fingerprint density at radius 3 is 2.59 bits per heavy atom. The van der Waals surface area contributed by atoms with Gasteiger partial charge in [-0.3, -0.25) is 0 Å². The average Bonchev–Trinajstić information content (AvgIpc) is 2.19. The van der Waals surface area contributed by atoms with Gasteiger partial charge < -0.3 is 5.73 Å². The average molecular weight is 410 g/mol. The molecule has 1 atom stereocenters. The van der Waals surface area contributed by atoms with E-state index in [1.54, 1.807) is 0 Å². The third-order valence-corrected chi connectivity index (χ3v) is 4.19. The Bertz CT molecular complexity index is 371. The summed E-state index contributed by atoms with van der Waals surface area (Å²) in [5, 5.41) is 0. The summed E-state index contributed by atoms with van der Waals surface area (Å²) in [6.07, 6.45) is 3.46. The zero-order chi connectivity index (χ0) is 13.1. The molecule has 0 spiro atoms. The zero-order valence-electron chi connectivity index (χ0n) is 10.8. The maximum absolute atomic E-state index is 6.26. The maximum atomic E-state index is 6.26. The fourth-order valence-electron chi connectivity index (χ4n) is 1.81. The molecule has 0 radical (unpaired) electrons. The molecule has 0 saturated carbocycles. The molecule has 1 unspecified atom stereocenters. The Morgan fingerprint density at radius 2 is 2.00 bits per heavy atom. The van der Waals surface area contributed by atoms with Crippen molar-refractivity contribution in [1.29, 1.82) is 0 Å². The largest absolute Gasteiger partial charge is 0.324 e. The maximum Gasteiger partial charge on any atom is 0.0306 e. The number of halogens is 2. The number of rotatable bonds is 4. The van der Waals surface area contributed by atoms with Gasteiger partial charge in [-0.25, -0.2) is 0 Å². The van der Waals surface area contributed by atoms with Crippen molar-refractivity contribution >= 4 is 38.5 Å². The molecule has 0 heterocycles. The predicted octanol–water partition coefficient (Wildman–Crippen LogP) is 5.27. The molecule has 1 rings (SSSR count). The van der Waals surface area contributed by atoms with Crippen LogP contribution in [0.3, 0.4) is 0 Å². The second-order valence-electron chi connectivity index (χ2n) is 5.73. The van der Waals surface area contributed by atoms with Crippen LogP contribution in [0.5, 0.6) is 0 Å². The third kappa shape index (κ3) is 5.71. The highest BCUT2D eigenvalue weighted by Crippen LogP contribution is 2.29. The van der Waals surface area contributed by atoms with E-state index in [2.05, 4.69) is 77.5 Å². The number of hydrogen-bond acceptors (Lipinski definition) is 1. The SMILES string of the molecule is CC(C)(C)CCCC(N)c1cc(I)ccc1Br. The first kappa shape index (κ1) is 15.4. The Morgan fingerprint density at radius 1 is 1.35 bits per heavy atom. The fraction of sp³-hybridized carbons (Fsp3) is 0.571. The monoisotopic (exact) mass is 409 g/mol. The smallest absolute Gasteiger partial charge is 0.0306 e. The van der Waals surface area contributed by atoms with Gasteiger partial charge in [0, 0.05) is 14.1 Å². The highest BCUT2D eigenvalue weighted by molar-refractivity contribution is 14.1. The van der Waals surface area contributed by atoms with Crippen molar-refractivity contribution in [2.45, 2.75) is 46.1 Å². The van der Waals surface area contributed by atoms with E-state index in [1.165, 1.54) is 22.0 Å². The minimum atomic E-state index is 0.140. The van der Waals surface area contributed by atoms with Crippen LogP contribution in [0.15, 0.2) is 22.7 Å². The van der Waals surface area contributed by atoms with Crippen LogP contribution in [0, 0.1) is 8.99 Å². The van der Waals surface area contributed by atoms with E-state index in [-0.39, 0.29) is 6.04 Å². The first-order valence-corrected chi connectivity index (χ1v) is 7.87. The van der Waals surface area contributed by atoms with Crippen molar-refractivity contribution in [2.75, 3.05) is 0 Å². The third-order valence-electron chi connectivity index (χ3n) is 2.80. The fourth-order valence-corrected chi connectivity index (χ4v) is 2.86. The summed E-state index contributed by atoms with van der Waals surface area (Å²) in [6, 6.07) is 6.49. The van der Waals surface area contributed by atoms with Crippen LogP contribution in [-0.4, -0.2) is 0 Å². The van der Waals surface area contributed by atoms with Gasteiger partial charge in [-0.1, -0.05) is 43.1 Å². The topological polar surface area (TPSA) is 26.0 Å². The quantitative estimate of drug-likeness (QED) is 0.673. The van der Waals surface area contributed by atoms with Crippen LogP contribution < -0.4 is 5.73 Å². The summed E-state index contributed by atoms with van der Waals surface area (Å²) in [5.74, 6) is 0. The Hall–Kier alpha value is 0.390. The summed E-state index contributed by atoms with van der Waals surface area (Å²) in [5.41, 5.74) is 7.89. The highest BCUT2D eigenvalue weighted by Gasteiger charge is 2.13. The molecule has 0 aromatic heterocycles. The first-order valence-electron chi connectivity index (χ1n) is 6.00. The molecule has 1 aromatic rings. The number of hydrogen-bond donors (Lipinski definition) is 1. The minimum absolute atomic E-state index is 0.140. The van der Waals surface area contributed by atoms with Crippen LogP contribution in [0.4, 0.5) is 0 Å². The molecule has 0 fully saturated rings. The second kappa shape index (κ2) is 6.53. The molecule has 0 aliphatic heterocycles. The molecular formula is C14H21BrIN. The summed E-state index contributed by atoms with van der Waals surface area (Å²) in [7, 11) is 0. The molecule has 1 nitrogen and oxygen atoms in total. The second-order valence-corrected chi connectivity index (χ2v) is 7.83. The minimum Gasteiger partial charge on any atom is -0.324 e. The van der Waals surface area contributed by atoms with Crippen LogP contribution in [0.25, 0.3) is 0 Å². The van der Waals surface area contributed by atoms with E-state index in [9.17, 15) is 0 Å². The molecule has 0 aliphatic rings. The molecule has 96 valence electrons. The van der Waals surface area contributed by atoms with E-state index in [0.717, 1.165) is 10.9 Å². The van der Waals surface area contributed by atoms with Crippen molar-refractivity contribution in [2.24, 2.45) is 11.1 Å². The van der Waals surface area contributed by atoms with Crippen LogP contribution in [0.1, 0.15) is 51.6 Å². The number of nitrogens with two attached hydrogens (primary N) is 1. The van der Waals surface area contributed by atoms with Gasteiger partial charge in [-0.15, -0.1) is 0 Å². The normalized spacial score (nSPS) is 13.8. The molecule has 0 amide bonds. The lowest BCUT2D eigenvalue weighted by molar-refractivity contribution is 0.353. The van der Waals surface area contributed by atoms with Crippen LogP contribution in [0.2, 0.25) is 0 Å². The lowest BCUT2D eigenvalue weighted by atomic mass is 9.88. The van der Waals surface area contributed by atoms with Gasteiger partial charge in [0.25, 0.3) is 0 Å². The van der Waals surface area contributed by atoms with E-state index in [1.807, 2.05) is 0 Å². The van der Waals surface area contributed by atoms with Crippen molar-refractivity contribution in [1.82, 2.24) is 0 Å². The van der Waals surface area contributed by atoms with E-state index < -0.39 is 0 Å². The molecule has 17 heavy (non-hydrogen) atoms. The van der Waals surface area contributed by atoms with Gasteiger partial charge in [-0.2, -0.15) is 0 Å². The lowest BCUT2D eigenvalue weighted by Crippen LogP contribution is -2.13. The lowest BCUT2D eigenvalue weighted by Gasteiger charge is -2.20. The van der Waals surface area contributed by atoms with Crippen LogP contribution in [-0.2, 0) is 0 Å². The predicted molar refractivity (Wildman–Crippen MR) is 87.1 cm³/mol. The summed E-state index contributed by atoms with van der Waals surface area (Å²) in [6.45, 7) is 6.83. The van der Waals surface area contributed by atoms with Gasteiger partial charge >= 0.3 is 0 Å². The van der Waals surface area contributed by atoms with E-state index >= 15 is 0 Å². The van der Waals surface area contributed by atoms with Crippen molar-refractivity contribution < 1.29 is 0 Å². The van der Waals surface area contributed by atoms with Crippen molar-refractivity contribution in [3.05, 3.63) is 31.8 Å². The van der Waals surface area contributed by atoms with Crippen molar-refractivity contribution in [3.8, 4) is 0 Å². The summed E-state index contributed by atoms with van der Waals surface area (Å²) >= 11 is 5.91. The van der Waals surface area contributed by atoms with Gasteiger partial charge in [0.15, 0.2) is 0 Å². The zero-order valence-corrected chi connectivity index (χ0v) is 14.5. The molecule has 1 aromatic carbocycles. The molecule has 0 bridgehead atoms. The van der Waals surface area contributed by atoms with Gasteiger partial charge in [-0.05, 0) is 64.6 Å². The Labute approximate surface area is 127 Å². The van der Waals surface area contributed by atoms with E-state index in [0.29, 0.717) is 5.41 Å². The van der Waals surface area contributed by atoms with Gasteiger partial charge in [0.05, 0.1) is 0 Å². The Balaban J connectivity index is 2.58. The standard InChI is InChI=1S/C14H21BrIN/c1-14(2,3)8-4-5-13(17)11-9-10(16)6-7-12(11)15/h6-7,9,13H,4-5,8,17H2,1-3H3. The van der Waals surface area contributed by atoms with Crippen molar-refractivity contribution in [3.63, 3.8) is 0 Å². The van der Waals surface area contributed by atoms with Crippen LogP contribution >= 0.6 is 38.5 Å².